The van der Waals surface area contributed by atoms with Crippen LogP contribution in [-0.2, 0) is 4.74 Å². The number of aromatic nitrogens is 6. The Morgan fingerprint density at radius 3 is 2.64 bits per heavy atom. The van der Waals surface area contributed by atoms with Gasteiger partial charge in [0.15, 0.2) is 5.78 Å². The van der Waals surface area contributed by atoms with Gasteiger partial charge in [0.2, 0.25) is 0 Å². The number of aryl methyl sites for hydroxylation is 1. The van der Waals surface area contributed by atoms with Gasteiger partial charge in [0.05, 0.1) is 11.4 Å². The summed E-state index contributed by atoms with van der Waals surface area (Å²) in [6.45, 7) is 3.30. The van der Waals surface area contributed by atoms with Gasteiger partial charge in [-0.15, -0.1) is 5.10 Å². The number of rotatable bonds is 6. The lowest BCUT2D eigenvalue weighted by Gasteiger charge is -2.21. The normalized spacial score (nSPS) is 14.5. The second kappa shape index (κ2) is 9.03. The SMILES string of the molecule is Cc1nnn(-c2ccc(F)cc2)c1-c1cn(-c2ccc(C(=O)CC3CCOCC3)cn2)cn1. The Hall–Kier alpha value is -3.72. The van der Waals surface area contributed by atoms with Crippen LogP contribution in [0, 0.1) is 18.7 Å². The summed E-state index contributed by atoms with van der Waals surface area (Å²) < 4.78 is 22.1. The second-order valence-corrected chi connectivity index (χ2v) is 8.17. The molecule has 0 amide bonds. The van der Waals surface area contributed by atoms with Gasteiger partial charge in [-0.2, -0.15) is 0 Å². The molecule has 9 heteroatoms. The highest BCUT2D eigenvalue weighted by Crippen LogP contribution is 2.25. The highest BCUT2D eigenvalue weighted by atomic mass is 19.1. The maximum atomic E-state index is 13.3. The molecule has 33 heavy (non-hydrogen) atoms. The van der Waals surface area contributed by atoms with Crippen molar-refractivity contribution in [3.8, 4) is 22.9 Å². The third kappa shape index (κ3) is 4.45. The third-order valence-corrected chi connectivity index (χ3v) is 5.88. The minimum atomic E-state index is -0.317. The Morgan fingerprint density at radius 1 is 1.12 bits per heavy atom. The molecule has 0 atom stereocenters. The van der Waals surface area contributed by atoms with Crippen molar-refractivity contribution in [2.45, 2.75) is 26.2 Å². The van der Waals surface area contributed by atoms with E-state index in [1.54, 1.807) is 40.0 Å². The number of imidazole rings is 1. The minimum absolute atomic E-state index is 0.108. The number of ether oxygens (including phenoxy) is 1. The van der Waals surface area contributed by atoms with Crippen LogP contribution in [0.3, 0.4) is 0 Å². The summed E-state index contributed by atoms with van der Waals surface area (Å²) >= 11 is 0. The van der Waals surface area contributed by atoms with Crippen LogP contribution in [0.5, 0.6) is 0 Å². The first-order valence-corrected chi connectivity index (χ1v) is 10.9. The van der Waals surface area contributed by atoms with Crippen LogP contribution in [-0.4, -0.2) is 48.5 Å². The Balaban J connectivity index is 1.36. The molecule has 4 heterocycles. The zero-order chi connectivity index (χ0) is 22.8. The van der Waals surface area contributed by atoms with E-state index in [1.165, 1.54) is 12.1 Å². The molecule has 3 aromatic heterocycles. The largest absolute Gasteiger partial charge is 0.381 e. The molecule has 0 saturated carbocycles. The van der Waals surface area contributed by atoms with E-state index in [1.807, 2.05) is 19.2 Å². The lowest BCUT2D eigenvalue weighted by atomic mass is 9.92. The van der Waals surface area contributed by atoms with Gasteiger partial charge in [-0.05, 0) is 62.1 Å². The molecule has 1 aliphatic rings. The number of hydrogen-bond acceptors (Lipinski definition) is 6. The highest BCUT2D eigenvalue weighted by molar-refractivity contribution is 5.96. The number of nitrogens with zero attached hydrogens (tertiary/aromatic N) is 6. The van der Waals surface area contributed by atoms with E-state index in [9.17, 15) is 9.18 Å². The first-order valence-electron chi connectivity index (χ1n) is 10.9. The van der Waals surface area contributed by atoms with Crippen molar-refractivity contribution in [2.75, 3.05) is 13.2 Å². The molecule has 0 N–H and O–H groups in total. The fraction of sp³-hybridized carbons (Fsp3) is 0.292. The van der Waals surface area contributed by atoms with Crippen LogP contribution in [0.25, 0.3) is 22.9 Å². The monoisotopic (exact) mass is 446 g/mol. The van der Waals surface area contributed by atoms with Gasteiger partial charge in [0.25, 0.3) is 0 Å². The quantitative estimate of drug-likeness (QED) is 0.417. The Morgan fingerprint density at radius 2 is 1.91 bits per heavy atom. The van der Waals surface area contributed by atoms with Crippen molar-refractivity contribution in [2.24, 2.45) is 5.92 Å². The summed E-state index contributed by atoms with van der Waals surface area (Å²) in [7, 11) is 0. The summed E-state index contributed by atoms with van der Waals surface area (Å²) in [5, 5.41) is 8.35. The average Bonchev–Trinajstić information content (AvgIpc) is 3.47. The number of carbonyl (C=O) groups excluding carboxylic acids is 1. The molecule has 0 bridgehead atoms. The summed E-state index contributed by atoms with van der Waals surface area (Å²) in [5.41, 5.74) is 3.37. The van der Waals surface area contributed by atoms with Crippen LogP contribution >= 0.6 is 0 Å². The minimum Gasteiger partial charge on any atom is -0.381 e. The number of halogens is 1. The van der Waals surface area contributed by atoms with Crippen molar-refractivity contribution in [1.29, 1.82) is 0 Å². The van der Waals surface area contributed by atoms with E-state index in [2.05, 4.69) is 20.3 Å². The van der Waals surface area contributed by atoms with E-state index in [0.717, 1.165) is 26.1 Å². The first kappa shape index (κ1) is 21.1. The predicted octanol–water partition coefficient (Wildman–Crippen LogP) is 3.96. The van der Waals surface area contributed by atoms with E-state index in [-0.39, 0.29) is 11.6 Å². The molecule has 168 valence electrons. The number of pyridine rings is 1. The molecule has 1 aliphatic heterocycles. The van der Waals surface area contributed by atoms with Crippen LogP contribution in [0.1, 0.15) is 35.3 Å². The van der Waals surface area contributed by atoms with Crippen molar-refractivity contribution in [3.05, 3.63) is 72.2 Å². The predicted molar refractivity (Wildman–Crippen MR) is 119 cm³/mol. The number of benzene rings is 1. The van der Waals surface area contributed by atoms with Gasteiger partial charge in [-0.25, -0.2) is 19.0 Å². The summed E-state index contributed by atoms with van der Waals surface area (Å²) in [4.78, 5) is 21.6. The van der Waals surface area contributed by atoms with Gasteiger partial charge < -0.3 is 4.74 Å². The second-order valence-electron chi connectivity index (χ2n) is 8.17. The van der Waals surface area contributed by atoms with E-state index in [4.69, 9.17) is 4.74 Å². The smallest absolute Gasteiger partial charge is 0.164 e. The molecule has 4 aromatic rings. The van der Waals surface area contributed by atoms with Crippen molar-refractivity contribution in [1.82, 2.24) is 29.5 Å². The standard InChI is InChI=1S/C24H23FN6O2/c1-16-24(31(29-28-16)20-5-3-19(25)4-6-20)21-14-30(15-27-21)23-7-2-18(13-26-23)22(32)12-17-8-10-33-11-9-17/h2-7,13-15,17H,8-12H2,1H3. The molecule has 0 spiro atoms. The summed E-state index contributed by atoms with van der Waals surface area (Å²) in [6.07, 6.45) is 7.49. The zero-order valence-corrected chi connectivity index (χ0v) is 18.2. The molecule has 5 rings (SSSR count). The van der Waals surface area contributed by atoms with Crippen LogP contribution in [0.15, 0.2) is 55.1 Å². The summed E-state index contributed by atoms with van der Waals surface area (Å²) in [5.74, 6) is 0.819. The lowest BCUT2D eigenvalue weighted by molar-refractivity contribution is 0.0601. The Kier molecular flexibility index (Phi) is 5.78. The molecular formula is C24H23FN6O2. The Bertz CT molecular complexity index is 1260. The molecule has 0 aliphatic carbocycles. The fourth-order valence-electron chi connectivity index (χ4n) is 4.02. The maximum absolute atomic E-state index is 13.3. The molecule has 1 saturated heterocycles. The van der Waals surface area contributed by atoms with Crippen LogP contribution < -0.4 is 0 Å². The van der Waals surface area contributed by atoms with Gasteiger partial charge in [0.1, 0.15) is 29.4 Å². The van der Waals surface area contributed by atoms with Crippen LogP contribution in [0.4, 0.5) is 4.39 Å². The van der Waals surface area contributed by atoms with Gasteiger partial charge in [0, 0.05) is 37.6 Å². The molecule has 1 aromatic carbocycles. The molecule has 8 nitrogen and oxygen atoms in total. The van der Waals surface area contributed by atoms with Crippen molar-refractivity contribution >= 4 is 5.78 Å². The van der Waals surface area contributed by atoms with Crippen molar-refractivity contribution in [3.63, 3.8) is 0 Å². The van der Waals surface area contributed by atoms with Crippen molar-refractivity contribution < 1.29 is 13.9 Å². The zero-order valence-electron chi connectivity index (χ0n) is 18.2. The van der Waals surface area contributed by atoms with E-state index < -0.39 is 0 Å². The van der Waals surface area contributed by atoms with Crippen LogP contribution in [0.2, 0.25) is 0 Å². The average molecular weight is 446 g/mol. The lowest BCUT2D eigenvalue weighted by Crippen LogP contribution is -2.18. The number of Topliss-reactive ketones (excluding diaryl/α,β-unsaturated/α-hetero) is 1. The number of hydrogen-bond donors (Lipinski definition) is 0. The number of ketones is 1. The molecule has 1 fully saturated rings. The first-order chi connectivity index (χ1) is 16.1. The number of carbonyl (C=O) groups is 1. The summed E-state index contributed by atoms with van der Waals surface area (Å²) in [6, 6.07) is 9.65. The molecular weight excluding hydrogens is 423 g/mol. The fourth-order valence-corrected chi connectivity index (χ4v) is 4.02. The van der Waals surface area contributed by atoms with Gasteiger partial charge >= 0.3 is 0 Å². The van der Waals surface area contributed by atoms with E-state index >= 15 is 0 Å². The highest BCUT2D eigenvalue weighted by Gasteiger charge is 2.19. The maximum Gasteiger partial charge on any atom is 0.164 e. The van der Waals surface area contributed by atoms with E-state index in [0.29, 0.717) is 46.5 Å². The van der Waals surface area contributed by atoms with Gasteiger partial charge in [-0.1, -0.05) is 5.21 Å². The Labute approximate surface area is 190 Å². The van der Waals surface area contributed by atoms with Gasteiger partial charge in [-0.3, -0.25) is 9.36 Å². The topological polar surface area (TPSA) is 87.7 Å². The molecule has 0 radical (unpaired) electrons. The third-order valence-electron chi connectivity index (χ3n) is 5.88. The molecule has 0 unspecified atom stereocenters.